The fraction of sp³-hybridized carbons (Fsp3) is 0.929. The first-order chi connectivity index (χ1) is 8.08. The maximum absolute atomic E-state index is 12.2. The second kappa shape index (κ2) is 3.98. The fourth-order valence-corrected chi connectivity index (χ4v) is 3.80. The van der Waals surface area contributed by atoms with E-state index in [1.54, 1.807) is 0 Å². The van der Waals surface area contributed by atoms with Gasteiger partial charge >= 0.3 is 0 Å². The quantitative estimate of drug-likeness (QED) is 0.690. The van der Waals surface area contributed by atoms with E-state index in [1.807, 2.05) is 0 Å². The van der Waals surface area contributed by atoms with E-state index in [9.17, 15) is 4.79 Å². The molecule has 0 aromatic rings. The molecule has 2 heterocycles. The van der Waals surface area contributed by atoms with Gasteiger partial charge in [0.25, 0.3) is 0 Å². The first-order valence-electron chi connectivity index (χ1n) is 7.05. The minimum absolute atomic E-state index is 0.367. The van der Waals surface area contributed by atoms with Gasteiger partial charge in [0.2, 0.25) is 5.91 Å². The third kappa shape index (κ3) is 1.99. The van der Waals surface area contributed by atoms with Gasteiger partial charge in [-0.2, -0.15) is 0 Å². The fourth-order valence-electron chi connectivity index (χ4n) is 3.80. The summed E-state index contributed by atoms with van der Waals surface area (Å²) in [7, 11) is 2.20. The first-order valence-corrected chi connectivity index (χ1v) is 7.05. The second-order valence-corrected chi connectivity index (χ2v) is 6.76. The molecule has 0 N–H and O–H groups in total. The highest BCUT2D eigenvalue weighted by molar-refractivity contribution is 5.80. The summed E-state index contributed by atoms with van der Waals surface area (Å²) in [6, 6.07) is 0. The Bertz CT molecular complexity index is 306. The Labute approximate surface area is 104 Å². The molecule has 1 saturated carbocycles. The average Bonchev–Trinajstić information content (AvgIpc) is 2.22. The zero-order chi connectivity index (χ0) is 12.0. The standard InChI is InChI=1S/C14H24N2O/c1-11-9-16(10-11)13(17)12-7-14(8-12)3-5-15(2)6-4-14/h11-12H,3-10H2,1-2H3. The number of carbonyl (C=O) groups is 1. The highest BCUT2D eigenvalue weighted by atomic mass is 16.2. The monoisotopic (exact) mass is 236 g/mol. The molecular formula is C14H24N2O. The Balaban J connectivity index is 1.49. The molecule has 96 valence electrons. The van der Waals surface area contributed by atoms with Crippen LogP contribution >= 0.6 is 0 Å². The summed E-state index contributed by atoms with van der Waals surface area (Å²) in [6.07, 6.45) is 4.96. The first kappa shape index (κ1) is 11.5. The van der Waals surface area contributed by atoms with Crippen LogP contribution in [-0.4, -0.2) is 48.9 Å². The minimum atomic E-state index is 0.367. The highest BCUT2D eigenvalue weighted by Crippen LogP contribution is 2.53. The van der Waals surface area contributed by atoms with E-state index in [2.05, 4.69) is 23.8 Å². The number of nitrogens with zero attached hydrogens (tertiary/aromatic N) is 2. The molecule has 3 fully saturated rings. The molecule has 17 heavy (non-hydrogen) atoms. The van der Waals surface area contributed by atoms with Crippen LogP contribution in [0, 0.1) is 17.3 Å². The van der Waals surface area contributed by atoms with E-state index in [0.717, 1.165) is 19.0 Å². The van der Waals surface area contributed by atoms with Crippen LogP contribution in [-0.2, 0) is 4.79 Å². The van der Waals surface area contributed by atoms with Crippen molar-refractivity contribution in [3.63, 3.8) is 0 Å². The lowest BCUT2D eigenvalue weighted by Crippen LogP contribution is -2.56. The molecule has 0 aromatic heterocycles. The van der Waals surface area contributed by atoms with Crippen molar-refractivity contribution in [1.82, 2.24) is 9.80 Å². The molecule has 0 radical (unpaired) electrons. The molecule has 3 rings (SSSR count). The molecule has 2 aliphatic heterocycles. The van der Waals surface area contributed by atoms with Gasteiger partial charge in [-0.3, -0.25) is 4.79 Å². The van der Waals surface area contributed by atoms with Crippen molar-refractivity contribution in [2.24, 2.45) is 17.3 Å². The van der Waals surface area contributed by atoms with E-state index in [1.165, 1.54) is 38.8 Å². The summed E-state index contributed by atoms with van der Waals surface area (Å²) in [5.41, 5.74) is 0.545. The van der Waals surface area contributed by atoms with Crippen LogP contribution in [0.4, 0.5) is 0 Å². The second-order valence-electron chi connectivity index (χ2n) is 6.76. The molecule has 0 unspecified atom stereocenters. The van der Waals surface area contributed by atoms with Crippen molar-refractivity contribution in [3.05, 3.63) is 0 Å². The number of hydrogen-bond acceptors (Lipinski definition) is 2. The Morgan fingerprint density at radius 1 is 1.18 bits per heavy atom. The number of rotatable bonds is 1. The predicted octanol–water partition coefficient (Wildman–Crippen LogP) is 1.59. The van der Waals surface area contributed by atoms with E-state index in [4.69, 9.17) is 0 Å². The zero-order valence-corrected chi connectivity index (χ0v) is 11.1. The SMILES string of the molecule is CC1CN(C(=O)C2CC3(CCN(C)CC3)C2)C1. The number of amides is 1. The summed E-state index contributed by atoms with van der Waals surface area (Å²) >= 11 is 0. The molecule has 2 saturated heterocycles. The molecule has 3 heteroatoms. The van der Waals surface area contributed by atoms with Crippen molar-refractivity contribution in [1.29, 1.82) is 0 Å². The summed E-state index contributed by atoms with van der Waals surface area (Å²) in [6.45, 7) is 6.68. The van der Waals surface area contributed by atoms with Crippen LogP contribution in [0.2, 0.25) is 0 Å². The van der Waals surface area contributed by atoms with Gasteiger partial charge in [0.05, 0.1) is 0 Å². The number of carbonyl (C=O) groups excluding carboxylic acids is 1. The molecule has 1 amide bonds. The number of piperidine rings is 1. The van der Waals surface area contributed by atoms with Crippen LogP contribution in [0.25, 0.3) is 0 Å². The van der Waals surface area contributed by atoms with E-state index in [0.29, 0.717) is 17.2 Å². The van der Waals surface area contributed by atoms with E-state index in [-0.39, 0.29) is 0 Å². The molecule has 0 atom stereocenters. The topological polar surface area (TPSA) is 23.6 Å². The van der Waals surface area contributed by atoms with Gasteiger partial charge in [-0.15, -0.1) is 0 Å². The molecule has 1 spiro atoms. The highest BCUT2D eigenvalue weighted by Gasteiger charge is 2.49. The van der Waals surface area contributed by atoms with Crippen molar-refractivity contribution in [3.8, 4) is 0 Å². The maximum atomic E-state index is 12.2. The summed E-state index contributed by atoms with van der Waals surface area (Å²) in [5, 5.41) is 0. The smallest absolute Gasteiger partial charge is 0.225 e. The Kier molecular flexibility index (Phi) is 2.69. The van der Waals surface area contributed by atoms with Gasteiger partial charge in [-0.05, 0) is 57.2 Å². The Hall–Kier alpha value is -0.570. The number of hydrogen-bond donors (Lipinski definition) is 0. The van der Waals surface area contributed by atoms with Crippen LogP contribution in [0.3, 0.4) is 0 Å². The molecule has 3 aliphatic rings. The van der Waals surface area contributed by atoms with Gasteiger partial charge < -0.3 is 9.80 Å². The van der Waals surface area contributed by atoms with E-state index < -0.39 is 0 Å². The summed E-state index contributed by atoms with van der Waals surface area (Å²) < 4.78 is 0. The largest absolute Gasteiger partial charge is 0.342 e. The average molecular weight is 236 g/mol. The number of likely N-dealkylation sites (tertiary alicyclic amines) is 2. The van der Waals surface area contributed by atoms with Crippen molar-refractivity contribution in [2.75, 3.05) is 33.2 Å². The Morgan fingerprint density at radius 3 is 2.29 bits per heavy atom. The Morgan fingerprint density at radius 2 is 1.76 bits per heavy atom. The predicted molar refractivity (Wildman–Crippen MR) is 67.6 cm³/mol. The lowest BCUT2D eigenvalue weighted by molar-refractivity contribution is -0.151. The molecule has 0 bridgehead atoms. The van der Waals surface area contributed by atoms with Crippen LogP contribution in [0.1, 0.15) is 32.6 Å². The molecule has 3 nitrogen and oxygen atoms in total. The van der Waals surface area contributed by atoms with Gasteiger partial charge in [-0.1, -0.05) is 6.92 Å². The van der Waals surface area contributed by atoms with E-state index >= 15 is 0 Å². The van der Waals surface area contributed by atoms with Crippen LogP contribution < -0.4 is 0 Å². The zero-order valence-electron chi connectivity index (χ0n) is 11.1. The van der Waals surface area contributed by atoms with Gasteiger partial charge in [0, 0.05) is 19.0 Å². The minimum Gasteiger partial charge on any atom is -0.342 e. The third-order valence-corrected chi connectivity index (χ3v) is 5.13. The third-order valence-electron chi connectivity index (χ3n) is 5.13. The summed E-state index contributed by atoms with van der Waals surface area (Å²) in [4.78, 5) is 16.6. The lowest BCUT2D eigenvalue weighted by atomic mass is 9.57. The van der Waals surface area contributed by atoms with Crippen LogP contribution in [0.15, 0.2) is 0 Å². The molecule has 0 aromatic carbocycles. The van der Waals surface area contributed by atoms with Gasteiger partial charge in [0.15, 0.2) is 0 Å². The molecular weight excluding hydrogens is 212 g/mol. The molecule has 1 aliphatic carbocycles. The summed E-state index contributed by atoms with van der Waals surface area (Å²) in [5.74, 6) is 1.55. The van der Waals surface area contributed by atoms with Crippen LogP contribution in [0.5, 0.6) is 0 Å². The van der Waals surface area contributed by atoms with Crippen molar-refractivity contribution >= 4 is 5.91 Å². The normalized spacial score (nSPS) is 30.1. The van der Waals surface area contributed by atoms with Crippen molar-refractivity contribution < 1.29 is 4.79 Å². The van der Waals surface area contributed by atoms with Gasteiger partial charge in [-0.25, -0.2) is 0 Å². The maximum Gasteiger partial charge on any atom is 0.225 e. The van der Waals surface area contributed by atoms with Crippen molar-refractivity contribution in [2.45, 2.75) is 32.6 Å². The van der Waals surface area contributed by atoms with Gasteiger partial charge in [0.1, 0.15) is 0 Å². The lowest BCUT2D eigenvalue weighted by Gasteiger charge is -2.53.